The molecule has 0 atom stereocenters. The van der Waals surface area contributed by atoms with Gasteiger partial charge in [0, 0.05) is 44.6 Å². The molecule has 4 aliphatic rings. The lowest BCUT2D eigenvalue weighted by molar-refractivity contribution is 0.590. The molecule has 0 unspecified atom stereocenters. The summed E-state index contributed by atoms with van der Waals surface area (Å²) in [6.45, 7) is 13.8. The molecule has 0 fully saturated rings. The molecule has 1 spiro atoms. The first kappa shape index (κ1) is 38.7. The van der Waals surface area contributed by atoms with Gasteiger partial charge in [0.1, 0.15) is 11.2 Å². The van der Waals surface area contributed by atoms with Gasteiger partial charge in [-0.2, -0.15) is 0 Å². The van der Waals surface area contributed by atoms with Gasteiger partial charge in [-0.25, -0.2) is 0 Å². The maximum atomic E-state index is 6.86. The highest BCUT2D eigenvalue weighted by Gasteiger charge is 2.56. The van der Waals surface area contributed by atoms with Gasteiger partial charge >= 0.3 is 6.85 Å². The molecule has 320 valence electrons. The van der Waals surface area contributed by atoms with Crippen molar-refractivity contribution in [2.45, 2.75) is 57.8 Å². The number of fused-ring (bicyclic) bond motifs is 17. The molecule has 67 heavy (non-hydrogen) atoms. The number of anilines is 5. The minimum Gasteiger partial charge on any atom is -0.456 e. The molecule has 0 radical (unpaired) electrons. The van der Waals surface area contributed by atoms with Crippen LogP contribution in [0.2, 0.25) is 0 Å². The Morgan fingerprint density at radius 3 is 1.78 bits per heavy atom. The van der Waals surface area contributed by atoms with E-state index in [0.29, 0.717) is 0 Å². The molecule has 0 bridgehead atoms. The standard InChI is InChI=1S/C63H49BN2O/c1-61(2,3)39-31-32-51(45(35-39)38-19-8-7-9-20-38)65-53-33-34-56-57(44-23-12-17-30-55(44)67-56)59(53)64-58-46(36-40(37-54(58)65)62(4,5)6)43-24-18-28-50-60(43)66(64)52-29-16-15-27-49(52)63(50)47-25-13-10-21-41(47)42-22-11-14-26-48(42)63/h7-37H,1-6H3. The number of rotatable bonds is 2. The number of hydrogen-bond donors (Lipinski definition) is 0. The Morgan fingerprint density at radius 2 is 1.03 bits per heavy atom. The Hall–Kier alpha value is -7.56. The molecular weight excluding hydrogens is 812 g/mol. The van der Waals surface area contributed by atoms with Crippen molar-refractivity contribution in [1.82, 2.24) is 0 Å². The molecular formula is C63H49BN2O. The van der Waals surface area contributed by atoms with Gasteiger partial charge in [0.25, 0.3) is 0 Å². The van der Waals surface area contributed by atoms with Crippen LogP contribution < -0.4 is 20.6 Å². The van der Waals surface area contributed by atoms with Crippen molar-refractivity contribution in [3.8, 4) is 33.4 Å². The number of benzene rings is 9. The molecule has 1 aliphatic carbocycles. The predicted molar refractivity (Wildman–Crippen MR) is 281 cm³/mol. The molecule has 10 aromatic rings. The largest absolute Gasteiger partial charge is 0.456 e. The Labute approximate surface area is 393 Å². The van der Waals surface area contributed by atoms with Crippen LogP contribution in [0.25, 0.3) is 55.3 Å². The summed E-state index contributed by atoms with van der Waals surface area (Å²) in [5.41, 5.74) is 25.3. The number of nitrogens with zero attached hydrogens (tertiary/aromatic N) is 2. The van der Waals surface area contributed by atoms with E-state index < -0.39 is 5.41 Å². The van der Waals surface area contributed by atoms with Crippen LogP contribution in [0.5, 0.6) is 0 Å². The molecule has 1 aromatic heterocycles. The highest BCUT2D eigenvalue weighted by molar-refractivity contribution is 6.95. The molecule has 3 aliphatic heterocycles. The van der Waals surface area contributed by atoms with E-state index in [1.54, 1.807) is 0 Å². The van der Waals surface area contributed by atoms with E-state index >= 15 is 0 Å². The summed E-state index contributed by atoms with van der Waals surface area (Å²) in [5, 5.41) is 2.30. The van der Waals surface area contributed by atoms with Crippen molar-refractivity contribution in [2.75, 3.05) is 9.71 Å². The Balaban J connectivity index is 1.18. The highest BCUT2D eigenvalue weighted by Crippen LogP contribution is 2.65. The molecule has 0 N–H and O–H groups in total. The second-order valence-electron chi connectivity index (χ2n) is 21.2. The van der Waals surface area contributed by atoms with Crippen LogP contribution in [0.4, 0.5) is 28.4 Å². The van der Waals surface area contributed by atoms with Gasteiger partial charge in [-0.1, -0.05) is 187 Å². The van der Waals surface area contributed by atoms with Crippen LogP contribution in [-0.4, -0.2) is 6.85 Å². The van der Waals surface area contributed by atoms with Crippen molar-refractivity contribution in [3.05, 3.63) is 221 Å². The van der Waals surface area contributed by atoms with Crippen LogP contribution in [0.1, 0.15) is 74.9 Å². The third-order valence-electron chi connectivity index (χ3n) is 15.6. The minimum atomic E-state index is -0.523. The summed E-state index contributed by atoms with van der Waals surface area (Å²) in [6.07, 6.45) is 0. The van der Waals surface area contributed by atoms with Crippen molar-refractivity contribution in [1.29, 1.82) is 0 Å². The molecule has 14 rings (SSSR count). The van der Waals surface area contributed by atoms with E-state index in [1.807, 2.05) is 0 Å². The summed E-state index contributed by atoms with van der Waals surface area (Å²) in [5.74, 6) is 0. The van der Waals surface area contributed by atoms with Crippen molar-refractivity contribution >= 4 is 68.1 Å². The van der Waals surface area contributed by atoms with Crippen LogP contribution in [0.3, 0.4) is 0 Å². The van der Waals surface area contributed by atoms with Gasteiger partial charge < -0.3 is 14.1 Å². The van der Waals surface area contributed by atoms with Crippen LogP contribution in [0, 0.1) is 0 Å². The monoisotopic (exact) mass is 860 g/mol. The quantitative estimate of drug-likeness (QED) is 0.161. The third kappa shape index (κ3) is 5.03. The zero-order chi connectivity index (χ0) is 45.1. The van der Waals surface area contributed by atoms with E-state index in [1.165, 1.54) is 106 Å². The summed E-state index contributed by atoms with van der Waals surface area (Å²) in [7, 11) is 0. The summed E-state index contributed by atoms with van der Waals surface area (Å²) in [6, 6.07) is 71.2. The second kappa shape index (κ2) is 13.3. The number of hydrogen-bond acceptors (Lipinski definition) is 3. The summed E-state index contributed by atoms with van der Waals surface area (Å²) < 4.78 is 6.86. The average molecular weight is 861 g/mol. The van der Waals surface area contributed by atoms with Crippen molar-refractivity contribution in [3.63, 3.8) is 0 Å². The van der Waals surface area contributed by atoms with Crippen LogP contribution in [-0.2, 0) is 16.2 Å². The van der Waals surface area contributed by atoms with E-state index in [4.69, 9.17) is 4.42 Å². The second-order valence-corrected chi connectivity index (χ2v) is 21.2. The maximum Gasteiger partial charge on any atom is 0.333 e. The van der Waals surface area contributed by atoms with Crippen molar-refractivity contribution < 1.29 is 4.42 Å². The van der Waals surface area contributed by atoms with E-state index in [2.05, 4.69) is 239 Å². The number of furan rings is 1. The Bertz CT molecular complexity index is 3710. The first-order valence-corrected chi connectivity index (χ1v) is 23.9. The lowest BCUT2D eigenvalue weighted by Gasteiger charge is -2.52. The smallest absolute Gasteiger partial charge is 0.333 e. The Kier molecular flexibility index (Phi) is 7.68. The molecule has 9 aromatic carbocycles. The van der Waals surface area contributed by atoms with Gasteiger partial charge in [0.05, 0.1) is 11.1 Å². The van der Waals surface area contributed by atoms with E-state index in [9.17, 15) is 0 Å². The third-order valence-corrected chi connectivity index (χ3v) is 15.6. The van der Waals surface area contributed by atoms with Gasteiger partial charge in [-0.3, -0.25) is 0 Å². The van der Waals surface area contributed by atoms with Gasteiger partial charge in [-0.05, 0) is 120 Å². The van der Waals surface area contributed by atoms with E-state index in [0.717, 1.165) is 22.2 Å². The molecule has 0 amide bonds. The van der Waals surface area contributed by atoms with Gasteiger partial charge in [-0.15, -0.1) is 0 Å². The fourth-order valence-corrected chi connectivity index (χ4v) is 12.6. The van der Waals surface area contributed by atoms with E-state index in [-0.39, 0.29) is 17.7 Å². The summed E-state index contributed by atoms with van der Waals surface area (Å²) >= 11 is 0. The SMILES string of the molecule is CC(C)(C)c1ccc(N2c3cc(C(C)(C)C)cc4c3B(c3c2ccc2oc5ccccc5c32)N2c3ccccc3C3(c5ccccc5-c5ccccc53)c3cccc-4c32)c(-c2ccccc2)c1. The Morgan fingerprint density at radius 1 is 0.418 bits per heavy atom. The predicted octanol–water partition coefficient (Wildman–Crippen LogP) is 15.2. The normalized spacial score (nSPS) is 14.7. The lowest BCUT2D eigenvalue weighted by Crippen LogP contribution is -2.63. The molecule has 4 heteroatoms. The van der Waals surface area contributed by atoms with Crippen molar-refractivity contribution in [2.24, 2.45) is 0 Å². The molecule has 4 heterocycles. The zero-order valence-corrected chi connectivity index (χ0v) is 38.8. The average Bonchev–Trinajstić information content (AvgIpc) is 3.87. The maximum absolute atomic E-state index is 6.86. The molecule has 0 saturated heterocycles. The molecule has 3 nitrogen and oxygen atoms in total. The van der Waals surface area contributed by atoms with Crippen LogP contribution in [0.15, 0.2) is 192 Å². The zero-order valence-electron chi connectivity index (χ0n) is 38.8. The fraction of sp³-hybridized carbons (Fsp3) is 0.143. The molecule has 0 saturated carbocycles. The first-order valence-electron chi connectivity index (χ1n) is 23.9. The topological polar surface area (TPSA) is 19.6 Å². The summed E-state index contributed by atoms with van der Waals surface area (Å²) in [4.78, 5) is 5.36. The lowest BCUT2D eigenvalue weighted by atomic mass is 9.41. The first-order chi connectivity index (χ1) is 32.5. The highest BCUT2D eigenvalue weighted by atomic mass is 16.3. The fourth-order valence-electron chi connectivity index (χ4n) is 12.6. The van der Waals surface area contributed by atoms with Crippen LogP contribution >= 0.6 is 0 Å². The van der Waals surface area contributed by atoms with Gasteiger partial charge in [0.2, 0.25) is 0 Å². The number of para-hydroxylation sites is 3. The minimum absolute atomic E-state index is 0.0407. The van der Waals surface area contributed by atoms with Gasteiger partial charge in [0.15, 0.2) is 0 Å².